The van der Waals surface area contributed by atoms with E-state index in [-0.39, 0.29) is 12.4 Å². The Morgan fingerprint density at radius 2 is 1.88 bits per heavy atom. The molecule has 128 valence electrons. The Labute approximate surface area is 153 Å². The number of nitrogens with one attached hydrogen (secondary N) is 1. The third kappa shape index (κ3) is 3.95. The van der Waals surface area contributed by atoms with E-state index in [1.165, 1.54) is 5.57 Å². The molecule has 3 aromatic rings. The second kappa shape index (κ2) is 8.05. The second-order valence-corrected chi connectivity index (χ2v) is 5.81. The summed E-state index contributed by atoms with van der Waals surface area (Å²) in [6, 6.07) is 15.9. The summed E-state index contributed by atoms with van der Waals surface area (Å²) in [6.45, 7) is 1.95. The third-order valence-corrected chi connectivity index (χ3v) is 4.12. The van der Waals surface area contributed by atoms with E-state index >= 15 is 0 Å². The van der Waals surface area contributed by atoms with Crippen molar-refractivity contribution in [3.05, 3.63) is 72.2 Å². The molecule has 3 heterocycles. The van der Waals surface area contributed by atoms with E-state index in [2.05, 4.69) is 16.4 Å². The van der Waals surface area contributed by atoms with Crippen LogP contribution in [0, 0.1) is 0 Å². The van der Waals surface area contributed by atoms with E-state index in [9.17, 15) is 0 Å². The molecule has 4 rings (SSSR count). The van der Waals surface area contributed by atoms with Crippen LogP contribution in [0.5, 0.6) is 0 Å². The molecule has 1 aliphatic rings. The Kier molecular flexibility index (Phi) is 5.58. The van der Waals surface area contributed by atoms with E-state index in [4.69, 9.17) is 10.1 Å². The molecular formula is C19H20ClN5. The number of pyridine rings is 1. The van der Waals surface area contributed by atoms with Gasteiger partial charge in [0.1, 0.15) is 5.82 Å². The highest BCUT2D eigenvalue weighted by molar-refractivity contribution is 5.85. The molecule has 0 spiro atoms. The van der Waals surface area contributed by atoms with Crippen molar-refractivity contribution in [3.63, 3.8) is 0 Å². The molecule has 5 nitrogen and oxygen atoms in total. The summed E-state index contributed by atoms with van der Waals surface area (Å²) in [5, 5.41) is 8.06. The lowest BCUT2D eigenvalue weighted by Gasteiger charge is -2.13. The Morgan fingerprint density at radius 1 is 1.04 bits per heavy atom. The van der Waals surface area contributed by atoms with Crippen LogP contribution in [0.2, 0.25) is 0 Å². The average molecular weight is 354 g/mol. The van der Waals surface area contributed by atoms with Crippen molar-refractivity contribution < 1.29 is 0 Å². The van der Waals surface area contributed by atoms with Gasteiger partial charge in [0.25, 0.3) is 0 Å². The van der Waals surface area contributed by atoms with Crippen LogP contribution in [0.15, 0.2) is 66.4 Å². The maximum atomic E-state index is 4.80. The first-order chi connectivity index (χ1) is 11.9. The number of aromatic nitrogens is 4. The zero-order chi connectivity index (χ0) is 16.2. The van der Waals surface area contributed by atoms with Gasteiger partial charge in [-0.3, -0.25) is 0 Å². The molecule has 1 aliphatic heterocycles. The summed E-state index contributed by atoms with van der Waals surface area (Å²) >= 11 is 0. The van der Waals surface area contributed by atoms with Gasteiger partial charge < -0.3 is 5.32 Å². The Hall–Kier alpha value is -2.50. The van der Waals surface area contributed by atoms with Gasteiger partial charge in [0.05, 0.1) is 0 Å². The van der Waals surface area contributed by atoms with Crippen LogP contribution in [0.3, 0.4) is 0 Å². The molecule has 0 amide bonds. The van der Waals surface area contributed by atoms with Crippen molar-refractivity contribution in [2.45, 2.75) is 12.8 Å². The maximum absolute atomic E-state index is 4.80. The van der Waals surface area contributed by atoms with Crippen molar-refractivity contribution in [1.29, 1.82) is 0 Å². The number of hydrogen-bond donors (Lipinski definition) is 1. The molecule has 1 aromatic carbocycles. The Bertz CT molecular complexity index is 843. The van der Waals surface area contributed by atoms with Gasteiger partial charge in [-0.15, -0.1) is 17.5 Å². The van der Waals surface area contributed by atoms with Gasteiger partial charge in [0.15, 0.2) is 11.6 Å². The van der Waals surface area contributed by atoms with Crippen molar-refractivity contribution in [2.24, 2.45) is 0 Å². The first-order valence-electron chi connectivity index (χ1n) is 8.21. The number of nitrogens with zero attached hydrogens (tertiary/aromatic N) is 4. The SMILES string of the molecule is C1=C(Cc2nc(-c3ccccc3)nn2-c2ccccn2)CCNC1.Cl. The predicted octanol–water partition coefficient (Wildman–Crippen LogP) is 3.21. The quantitative estimate of drug-likeness (QED) is 0.732. The summed E-state index contributed by atoms with van der Waals surface area (Å²) in [5.74, 6) is 2.48. The van der Waals surface area contributed by atoms with Crippen LogP contribution < -0.4 is 5.32 Å². The molecule has 1 N–H and O–H groups in total. The monoisotopic (exact) mass is 353 g/mol. The largest absolute Gasteiger partial charge is 0.313 e. The molecule has 2 aromatic heterocycles. The minimum atomic E-state index is 0. The molecule has 0 radical (unpaired) electrons. The molecule has 0 aliphatic carbocycles. The minimum Gasteiger partial charge on any atom is -0.313 e. The van der Waals surface area contributed by atoms with Gasteiger partial charge in [0, 0.05) is 24.7 Å². The number of hydrogen-bond acceptors (Lipinski definition) is 4. The van der Waals surface area contributed by atoms with Crippen LogP contribution in [0.25, 0.3) is 17.2 Å². The molecule has 6 heteroatoms. The molecule has 25 heavy (non-hydrogen) atoms. The van der Waals surface area contributed by atoms with Gasteiger partial charge >= 0.3 is 0 Å². The normalized spacial score (nSPS) is 13.8. The summed E-state index contributed by atoms with van der Waals surface area (Å²) in [4.78, 5) is 9.24. The Balaban J connectivity index is 0.00000182. The highest BCUT2D eigenvalue weighted by Gasteiger charge is 2.15. The predicted molar refractivity (Wildman–Crippen MR) is 101 cm³/mol. The van der Waals surface area contributed by atoms with E-state index in [1.807, 2.05) is 53.2 Å². The summed E-state index contributed by atoms with van der Waals surface area (Å²) < 4.78 is 1.87. The molecule has 0 atom stereocenters. The third-order valence-electron chi connectivity index (χ3n) is 4.12. The van der Waals surface area contributed by atoms with Crippen LogP contribution in [-0.2, 0) is 6.42 Å². The lowest BCUT2D eigenvalue weighted by Crippen LogP contribution is -2.21. The van der Waals surface area contributed by atoms with Gasteiger partial charge in [-0.2, -0.15) is 4.68 Å². The fourth-order valence-corrected chi connectivity index (χ4v) is 2.86. The van der Waals surface area contributed by atoms with Crippen LogP contribution in [-0.4, -0.2) is 32.8 Å². The summed E-state index contributed by atoms with van der Waals surface area (Å²) in [5.41, 5.74) is 2.42. The van der Waals surface area contributed by atoms with Crippen LogP contribution in [0.1, 0.15) is 12.2 Å². The molecule has 0 bridgehead atoms. The smallest absolute Gasteiger partial charge is 0.181 e. The molecule has 0 saturated carbocycles. The number of rotatable bonds is 4. The molecule has 0 saturated heterocycles. The minimum absolute atomic E-state index is 0. The zero-order valence-electron chi connectivity index (χ0n) is 13.8. The van der Waals surface area contributed by atoms with Crippen molar-refractivity contribution in [3.8, 4) is 17.2 Å². The van der Waals surface area contributed by atoms with Crippen LogP contribution >= 0.6 is 12.4 Å². The second-order valence-electron chi connectivity index (χ2n) is 5.81. The van der Waals surface area contributed by atoms with Gasteiger partial charge in [-0.25, -0.2) is 9.97 Å². The standard InChI is InChI=1S/C19H19N5.ClH/c1-2-6-16(7-3-1)19-22-18(14-15-9-12-20-13-10-15)24(23-19)17-8-4-5-11-21-17;/h1-9,11,20H,10,12-14H2;1H. The lowest BCUT2D eigenvalue weighted by atomic mass is 10.1. The average Bonchev–Trinajstić information content (AvgIpc) is 3.08. The van der Waals surface area contributed by atoms with Gasteiger partial charge in [-0.1, -0.05) is 48.0 Å². The van der Waals surface area contributed by atoms with Gasteiger partial charge in [-0.05, 0) is 25.1 Å². The fraction of sp³-hybridized carbons (Fsp3) is 0.211. The fourth-order valence-electron chi connectivity index (χ4n) is 2.86. The topological polar surface area (TPSA) is 55.6 Å². The highest BCUT2D eigenvalue weighted by atomic mass is 35.5. The molecular weight excluding hydrogens is 334 g/mol. The van der Waals surface area contributed by atoms with E-state index in [1.54, 1.807) is 6.20 Å². The first-order valence-corrected chi connectivity index (χ1v) is 8.21. The Morgan fingerprint density at radius 3 is 2.60 bits per heavy atom. The number of benzene rings is 1. The van der Waals surface area contributed by atoms with Gasteiger partial charge in [0.2, 0.25) is 0 Å². The number of halogens is 1. The van der Waals surface area contributed by atoms with E-state index < -0.39 is 0 Å². The van der Waals surface area contributed by atoms with Crippen LogP contribution in [0.4, 0.5) is 0 Å². The summed E-state index contributed by atoms with van der Waals surface area (Å²) in [6.07, 6.45) is 5.89. The van der Waals surface area contributed by atoms with E-state index in [0.717, 1.165) is 49.0 Å². The highest BCUT2D eigenvalue weighted by Crippen LogP contribution is 2.20. The van der Waals surface area contributed by atoms with Crippen molar-refractivity contribution in [1.82, 2.24) is 25.1 Å². The molecule has 0 unspecified atom stereocenters. The van der Waals surface area contributed by atoms with Crippen molar-refractivity contribution in [2.75, 3.05) is 13.1 Å². The molecule has 0 fully saturated rings. The maximum Gasteiger partial charge on any atom is 0.181 e. The van der Waals surface area contributed by atoms with E-state index in [0.29, 0.717) is 0 Å². The first kappa shape index (κ1) is 17.3. The lowest BCUT2D eigenvalue weighted by molar-refractivity contribution is 0.678. The summed E-state index contributed by atoms with van der Waals surface area (Å²) in [7, 11) is 0. The van der Waals surface area contributed by atoms with Crippen molar-refractivity contribution >= 4 is 12.4 Å². The zero-order valence-corrected chi connectivity index (χ0v) is 14.6.